The van der Waals surface area contributed by atoms with Crippen molar-refractivity contribution >= 4 is 16.7 Å². The molecule has 2 fully saturated rings. The SMILES string of the molecule is COc1cc(-c2[nH]c3ccc(C4CC(NCC5(C)COC5)C4)nc3c2C(C)C)cn2ncnc12. The fourth-order valence-corrected chi connectivity index (χ4v) is 5.27. The summed E-state index contributed by atoms with van der Waals surface area (Å²) in [7, 11) is 1.66. The summed E-state index contributed by atoms with van der Waals surface area (Å²) < 4.78 is 12.7. The first kappa shape index (κ1) is 21.6. The van der Waals surface area contributed by atoms with Crippen molar-refractivity contribution in [3.8, 4) is 17.0 Å². The minimum atomic E-state index is 0.310. The first-order valence-corrected chi connectivity index (χ1v) is 12.2. The number of H-pyrrole nitrogens is 1. The molecular weight excluding hydrogens is 428 g/mol. The molecule has 2 aliphatic rings. The molecule has 4 aromatic rings. The van der Waals surface area contributed by atoms with Gasteiger partial charge in [-0.25, -0.2) is 9.50 Å². The van der Waals surface area contributed by atoms with Crippen LogP contribution in [0.4, 0.5) is 0 Å². The molecule has 0 aromatic carbocycles. The van der Waals surface area contributed by atoms with Crippen LogP contribution < -0.4 is 10.1 Å². The van der Waals surface area contributed by atoms with E-state index >= 15 is 0 Å². The number of aromatic amines is 1. The third-order valence-corrected chi connectivity index (χ3v) is 7.40. The smallest absolute Gasteiger partial charge is 0.197 e. The predicted molar refractivity (Wildman–Crippen MR) is 131 cm³/mol. The second-order valence-corrected chi connectivity index (χ2v) is 10.6. The highest BCUT2D eigenvalue weighted by Crippen LogP contribution is 2.40. The van der Waals surface area contributed by atoms with Crippen molar-refractivity contribution in [2.45, 2.75) is 51.5 Å². The molecule has 0 spiro atoms. The van der Waals surface area contributed by atoms with Gasteiger partial charge in [0.05, 0.1) is 37.1 Å². The van der Waals surface area contributed by atoms with Crippen LogP contribution in [0.25, 0.3) is 27.9 Å². The Balaban J connectivity index is 1.29. The first-order valence-electron chi connectivity index (χ1n) is 12.2. The van der Waals surface area contributed by atoms with Gasteiger partial charge in [-0.05, 0) is 37.0 Å². The summed E-state index contributed by atoms with van der Waals surface area (Å²) in [5, 5.41) is 8.07. The van der Waals surface area contributed by atoms with E-state index < -0.39 is 0 Å². The average Bonchev–Trinajstić information content (AvgIpc) is 3.40. The Morgan fingerprint density at radius 1 is 1.29 bits per heavy atom. The Hall–Kier alpha value is -2.97. The van der Waals surface area contributed by atoms with Gasteiger partial charge in [-0.1, -0.05) is 20.8 Å². The van der Waals surface area contributed by atoms with E-state index in [2.05, 4.69) is 53.3 Å². The highest BCUT2D eigenvalue weighted by atomic mass is 16.5. The van der Waals surface area contributed by atoms with E-state index in [0.29, 0.717) is 34.7 Å². The van der Waals surface area contributed by atoms with E-state index in [9.17, 15) is 0 Å². The van der Waals surface area contributed by atoms with Gasteiger partial charge in [0.25, 0.3) is 0 Å². The summed E-state index contributed by atoms with van der Waals surface area (Å²) in [4.78, 5) is 13.1. The largest absolute Gasteiger partial charge is 0.493 e. The monoisotopic (exact) mass is 460 g/mol. The van der Waals surface area contributed by atoms with Gasteiger partial charge in [0, 0.05) is 46.9 Å². The zero-order valence-corrected chi connectivity index (χ0v) is 20.3. The highest BCUT2D eigenvalue weighted by Gasteiger charge is 2.37. The van der Waals surface area contributed by atoms with Crippen LogP contribution in [-0.4, -0.2) is 57.5 Å². The van der Waals surface area contributed by atoms with Gasteiger partial charge < -0.3 is 19.8 Å². The van der Waals surface area contributed by atoms with Gasteiger partial charge in [-0.3, -0.25) is 4.98 Å². The molecule has 2 N–H and O–H groups in total. The van der Waals surface area contributed by atoms with Crippen molar-refractivity contribution < 1.29 is 9.47 Å². The fourth-order valence-electron chi connectivity index (χ4n) is 5.27. The number of nitrogens with one attached hydrogen (secondary N) is 2. The summed E-state index contributed by atoms with van der Waals surface area (Å²) in [6, 6.07) is 6.98. The molecule has 0 bridgehead atoms. The minimum absolute atomic E-state index is 0.310. The lowest BCUT2D eigenvalue weighted by Crippen LogP contribution is -2.51. The van der Waals surface area contributed by atoms with Gasteiger partial charge in [0.15, 0.2) is 11.4 Å². The topological polar surface area (TPSA) is 89.4 Å². The number of pyridine rings is 2. The second kappa shape index (κ2) is 8.06. The molecule has 5 heterocycles. The normalized spacial score (nSPS) is 21.7. The zero-order valence-electron chi connectivity index (χ0n) is 20.3. The molecule has 0 atom stereocenters. The lowest BCUT2D eigenvalue weighted by Gasteiger charge is -2.42. The first-order chi connectivity index (χ1) is 16.4. The molecule has 6 rings (SSSR count). The molecule has 0 unspecified atom stereocenters. The summed E-state index contributed by atoms with van der Waals surface area (Å²) in [6.07, 6.45) is 5.83. The van der Waals surface area contributed by atoms with Gasteiger partial charge in [0.2, 0.25) is 0 Å². The van der Waals surface area contributed by atoms with E-state index in [-0.39, 0.29) is 0 Å². The molecule has 34 heavy (non-hydrogen) atoms. The Labute approximate surface area is 199 Å². The average molecular weight is 461 g/mol. The lowest BCUT2D eigenvalue weighted by molar-refractivity contribution is -0.101. The van der Waals surface area contributed by atoms with Crippen molar-refractivity contribution in [1.29, 1.82) is 0 Å². The summed E-state index contributed by atoms with van der Waals surface area (Å²) in [5.74, 6) is 1.52. The fraction of sp³-hybridized carbons (Fsp3) is 0.500. The minimum Gasteiger partial charge on any atom is -0.493 e. The number of aromatic nitrogens is 5. The second-order valence-electron chi connectivity index (χ2n) is 10.6. The standard InChI is InChI=1S/C26H32N6O2/c1-15(2)22-23(17-9-21(33-4)25-28-14-29-32(25)10-17)31-20-6-5-19(30-24(20)22)16-7-18(8-16)27-11-26(3)12-34-13-26/h5-6,9-10,14-16,18,27,31H,7-8,11-13H2,1-4H3. The Morgan fingerprint density at radius 3 is 2.82 bits per heavy atom. The van der Waals surface area contributed by atoms with Crippen LogP contribution in [-0.2, 0) is 4.74 Å². The molecule has 1 saturated heterocycles. The van der Waals surface area contributed by atoms with E-state index in [1.54, 1.807) is 18.0 Å². The number of rotatable bonds is 7. The van der Waals surface area contributed by atoms with Crippen LogP contribution in [0.2, 0.25) is 0 Å². The lowest BCUT2D eigenvalue weighted by atomic mass is 9.77. The molecule has 4 aromatic heterocycles. The van der Waals surface area contributed by atoms with Crippen molar-refractivity contribution in [1.82, 2.24) is 29.9 Å². The number of hydrogen-bond donors (Lipinski definition) is 2. The van der Waals surface area contributed by atoms with Crippen LogP contribution in [0.3, 0.4) is 0 Å². The molecule has 1 aliphatic carbocycles. The molecule has 0 radical (unpaired) electrons. The molecule has 178 valence electrons. The van der Waals surface area contributed by atoms with Crippen LogP contribution >= 0.6 is 0 Å². The van der Waals surface area contributed by atoms with E-state index in [1.807, 2.05) is 12.3 Å². The van der Waals surface area contributed by atoms with Crippen molar-refractivity contribution in [3.05, 3.63) is 42.0 Å². The maximum atomic E-state index is 5.59. The Morgan fingerprint density at radius 2 is 2.12 bits per heavy atom. The third kappa shape index (κ3) is 3.56. The summed E-state index contributed by atoms with van der Waals surface area (Å²) >= 11 is 0. The Kier molecular flexibility index (Phi) is 5.11. The van der Waals surface area contributed by atoms with Gasteiger partial charge >= 0.3 is 0 Å². The summed E-state index contributed by atoms with van der Waals surface area (Å²) in [5.41, 5.74) is 7.65. The molecule has 0 amide bonds. The summed E-state index contributed by atoms with van der Waals surface area (Å²) in [6.45, 7) is 9.52. The van der Waals surface area contributed by atoms with Crippen molar-refractivity contribution in [3.63, 3.8) is 0 Å². The highest BCUT2D eigenvalue weighted by molar-refractivity contribution is 5.89. The van der Waals surface area contributed by atoms with Crippen LogP contribution in [0.5, 0.6) is 5.75 Å². The van der Waals surface area contributed by atoms with E-state index in [4.69, 9.17) is 14.5 Å². The maximum Gasteiger partial charge on any atom is 0.197 e. The van der Waals surface area contributed by atoms with Crippen LogP contribution in [0.1, 0.15) is 56.7 Å². The number of methoxy groups -OCH3 is 1. The predicted octanol–water partition coefficient (Wildman–Crippen LogP) is 4.28. The van der Waals surface area contributed by atoms with Crippen LogP contribution in [0, 0.1) is 5.41 Å². The van der Waals surface area contributed by atoms with Crippen LogP contribution in [0.15, 0.2) is 30.7 Å². The third-order valence-electron chi connectivity index (χ3n) is 7.40. The number of nitrogens with zero attached hydrogens (tertiary/aromatic N) is 4. The molecule has 1 saturated carbocycles. The van der Waals surface area contributed by atoms with Gasteiger partial charge in [-0.2, -0.15) is 5.10 Å². The van der Waals surface area contributed by atoms with Gasteiger partial charge in [-0.15, -0.1) is 0 Å². The maximum absolute atomic E-state index is 5.59. The zero-order chi connectivity index (χ0) is 23.4. The molecule has 8 heteroatoms. The van der Waals surface area contributed by atoms with E-state index in [1.165, 1.54) is 11.3 Å². The molecular formula is C26H32N6O2. The number of ether oxygens (including phenoxy) is 2. The number of hydrogen-bond acceptors (Lipinski definition) is 6. The quantitative estimate of drug-likeness (QED) is 0.428. The molecule has 1 aliphatic heterocycles. The Bertz CT molecular complexity index is 1350. The molecule has 8 nitrogen and oxygen atoms in total. The van der Waals surface area contributed by atoms with Crippen molar-refractivity contribution in [2.75, 3.05) is 26.9 Å². The van der Waals surface area contributed by atoms with E-state index in [0.717, 1.165) is 54.9 Å². The van der Waals surface area contributed by atoms with Crippen molar-refractivity contribution in [2.24, 2.45) is 5.41 Å². The van der Waals surface area contributed by atoms with Gasteiger partial charge in [0.1, 0.15) is 6.33 Å². The number of fused-ring (bicyclic) bond motifs is 2.